The third-order valence-corrected chi connectivity index (χ3v) is 2.51. The van der Waals surface area contributed by atoms with E-state index in [2.05, 4.69) is 21.9 Å². The van der Waals surface area contributed by atoms with E-state index in [0.29, 0.717) is 26.4 Å². The Balaban J connectivity index is 0.00000400. The third-order valence-electron chi connectivity index (χ3n) is 2.51. The fourth-order valence-corrected chi connectivity index (χ4v) is 1.45. The lowest BCUT2D eigenvalue weighted by molar-refractivity contribution is -0.0149. The highest BCUT2D eigenvalue weighted by Crippen LogP contribution is 1.85. The summed E-state index contributed by atoms with van der Waals surface area (Å²) in [4.78, 5) is 21.1. The minimum Gasteiger partial charge on any atom is -0.302 e. The van der Waals surface area contributed by atoms with Gasteiger partial charge in [0, 0.05) is 26.2 Å². The zero-order chi connectivity index (χ0) is 14.1. The second kappa shape index (κ2) is 18.2. The molecule has 0 aliphatic carbocycles. The molecule has 1 rings (SSSR count). The molecule has 1 aliphatic heterocycles. The largest absolute Gasteiger partial charge is 0.302 e. The van der Waals surface area contributed by atoms with Crippen molar-refractivity contribution >= 4 is 17.0 Å². The molecule has 1 saturated heterocycles. The minimum atomic E-state index is 0. The number of halogens is 1. The monoisotopic (exact) mass is 372 g/mol. The molecule has 1 heterocycles. The van der Waals surface area contributed by atoms with Crippen LogP contribution in [0.1, 0.15) is 25.7 Å². The van der Waals surface area contributed by atoms with Crippen molar-refractivity contribution in [2.75, 3.05) is 52.6 Å². The van der Waals surface area contributed by atoms with Gasteiger partial charge in [0.15, 0.2) is 0 Å². The number of hydroxylamine groups is 4. The third kappa shape index (κ3) is 16.4. The van der Waals surface area contributed by atoms with Gasteiger partial charge in [-0.1, -0.05) is 0 Å². The van der Waals surface area contributed by atoms with Crippen LogP contribution in [-0.2, 0) is 19.4 Å². The summed E-state index contributed by atoms with van der Waals surface area (Å²) in [5.74, 6) is 0. The first-order valence-corrected chi connectivity index (χ1v) is 7.39. The van der Waals surface area contributed by atoms with Gasteiger partial charge in [0.1, 0.15) is 0 Å². The molecule has 1 fully saturated rings. The van der Waals surface area contributed by atoms with Crippen LogP contribution in [0.4, 0.5) is 0 Å². The van der Waals surface area contributed by atoms with E-state index >= 15 is 0 Å². The van der Waals surface area contributed by atoms with E-state index in [9.17, 15) is 0 Å². The fourth-order valence-electron chi connectivity index (χ4n) is 1.45. The summed E-state index contributed by atoms with van der Waals surface area (Å²) >= 11 is 0. The molecule has 128 valence electrons. The van der Waals surface area contributed by atoms with Gasteiger partial charge in [-0.2, -0.15) is 0 Å². The van der Waals surface area contributed by atoms with E-state index in [-0.39, 0.29) is 17.0 Å². The SMILES string of the molecule is Br.C1CNOCCCONCCCNOCCCONC1. The predicted octanol–water partition coefficient (Wildman–Crippen LogP) is 0.223. The van der Waals surface area contributed by atoms with Crippen molar-refractivity contribution in [2.24, 2.45) is 0 Å². The molecular formula is C12H29BrN4O4. The molecule has 0 aromatic carbocycles. The van der Waals surface area contributed by atoms with Crippen molar-refractivity contribution in [1.82, 2.24) is 21.9 Å². The van der Waals surface area contributed by atoms with E-state index in [4.69, 9.17) is 19.4 Å². The second-order valence-corrected chi connectivity index (χ2v) is 4.39. The van der Waals surface area contributed by atoms with E-state index in [1.165, 1.54) is 0 Å². The normalized spacial score (nSPS) is 22.9. The van der Waals surface area contributed by atoms with Crippen LogP contribution in [0.5, 0.6) is 0 Å². The highest BCUT2D eigenvalue weighted by molar-refractivity contribution is 8.93. The van der Waals surface area contributed by atoms with E-state index < -0.39 is 0 Å². The Hall–Kier alpha value is 0.160. The second-order valence-electron chi connectivity index (χ2n) is 4.39. The van der Waals surface area contributed by atoms with Gasteiger partial charge in [0.2, 0.25) is 0 Å². The number of rotatable bonds is 0. The average molecular weight is 373 g/mol. The molecule has 0 unspecified atom stereocenters. The van der Waals surface area contributed by atoms with Crippen molar-refractivity contribution in [3.8, 4) is 0 Å². The Morgan fingerprint density at radius 2 is 0.714 bits per heavy atom. The summed E-state index contributed by atoms with van der Waals surface area (Å²) in [7, 11) is 0. The lowest BCUT2D eigenvalue weighted by Crippen LogP contribution is -2.26. The highest BCUT2D eigenvalue weighted by atomic mass is 79.9. The molecule has 0 atom stereocenters. The zero-order valence-corrected chi connectivity index (χ0v) is 14.2. The van der Waals surface area contributed by atoms with Crippen molar-refractivity contribution in [2.45, 2.75) is 25.7 Å². The maximum Gasteiger partial charge on any atom is 0.0704 e. The summed E-state index contributed by atoms with van der Waals surface area (Å²) in [5.41, 5.74) is 11.6. The van der Waals surface area contributed by atoms with Crippen molar-refractivity contribution in [1.29, 1.82) is 0 Å². The molecule has 21 heavy (non-hydrogen) atoms. The fraction of sp³-hybridized carbons (Fsp3) is 1.00. The number of nitrogens with one attached hydrogen (secondary N) is 4. The van der Waals surface area contributed by atoms with Crippen LogP contribution in [-0.4, -0.2) is 52.6 Å². The first-order valence-electron chi connectivity index (χ1n) is 7.39. The standard InChI is InChI=1S/C12H28N4O4.BrH/c1-5-13-17-9-3-11-19-15-7-2-8-16-20-12-4-10-18-14-6-1;/h13-16H,1-12H2;1H. The summed E-state index contributed by atoms with van der Waals surface area (Å²) in [6.07, 6.45) is 3.58. The van der Waals surface area contributed by atoms with Crippen LogP contribution in [0.25, 0.3) is 0 Å². The number of hydrogen-bond donors (Lipinski definition) is 4. The zero-order valence-electron chi connectivity index (χ0n) is 12.5. The molecule has 0 aromatic heterocycles. The Morgan fingerprint density at radius 3 is 1.00 bits per heavy atom. The maximum absolute atomic E-state index is 5.26. The molecule has 0 aromatic rings. The van der Waals surface area contributed by atoms with Gasteiger partial charge in [-0.3, -0.25) is 0 Å². The molecule has 9 heteroatoms. The van der Waals surface area contributed by atoms with Crippen LogP contribution < -0.4 is 21.9 Å². The van der Waals surface area contributed by atoms with Gasteiger partial charge in [-0.15, -0.1) is 17.0 Å². The van der Waals surface area contributed by atoms with Crippen molar-refractivity contribution < 1.29 is 19.4 Å². The maximum atomic E-state index is 5.26. The van der Waals surface area contributed by atoms with E-state index in [0.717, 1.165) is 51.9 Å². The topological polar surface area (TPSA) is 85.0 Å². The molecule has 0 radical (unpaired) electrons. The molecule has 0 bridgehead atoms. The molecule has 1 aliphatic rings. The van der Waals surface area contributed by atoms with Crippen LogP contribution in [0.2, 0.25) is 0 Å². The lowest BCUT2D eigenvalue weighted by atomic mass is 10.4. The summed E-state index contributed by atoms with van der Waals surface area (Å²) in [5, 5.41) is 0. The lowest BCUT2D eigenvalue weighted by Gasteiger charge is -2.10. The smallest absolute Gasteiger partial charge is 0.0704 e. The van der Waals surface area contributed by atoms with Gasteiger partial charge in [-0.05, 0) is 25.7 Å². The van der Waals surface area contributed by atoms with Gasteiger partial charge in [-0.25, -0.2) is 21.9 Å². The Bertz CT molecular complexity index is 120. The molecule has 0 spiro atoms. The van der Waals surface area contributed by atoms with Crippen molar-refractivity contribution in [3.63, 3.8) is 0 Å². The quantitative estimate of drug-likeness (QED) is 0.480. The first-order chi connectivity index (χ1) is 10.0. The molecule has 0 amide bonds. The van der Waals surface area contributed by atoms with Crippen LogP contribution in [0, 0.1) is 0 Å². The van der Waals surface area contributed by atoms with E-state index in [1.807, 2.05) is 0 Å². The predicted molar refractivity (Wildman–Crippen MR) is 84.6 cm³/mol. The van der Waals surface area contributed by atoms with Gasteiger partial charge < -0.3 is 19.4 Å². The average Bonchev–Trinajstić information content (AvgIpc) is 2.46. The first kappa shape index (κ1) is 21.2. The summed E-state index contributed by atoms with van der Waals surface area (Å²) in [6.45, 7) is 5.74. The minimum absolute atomic E-state index is 0. The molecule has 0 saturated carbocycles. The van der Waals surface area contributed by atoms with Crippen molar-refractivity contribution in [3.05, 3.63) is 0 Å². The highest BCUT2D eigenvalue weighted by Gasteiger charge is 1.94. The molecule has 8 nitrogen and oxygen atoms in total. The Kier molecular flexibility index (Phi) is 18.3. The van der Waals surface area contributed by atoms with Gasteiger partial charge >= 0.3 is 0 Å². The van der Waals surface area contributed by atoms with Crippen LogP contribution in [0.3, 0.4) is 0 Å². The molecule has 4 N–H and O–H groups in total. The van der Waals surface area contributed by atoms with Gasteiger partial charge in [0.25, 0.3) is 0 Å². The molecular weight excluding hydrogens is 344 g/mol. The Morgan fingerprint density at radius 1 is 0.429 bits per heavy atom. The summed E-state index contributed by atoms with van der Waals surface area (Å²) < 4.78 is 0. The summed E-state index contributed by atoms with van der Waals surface area (Å²) in [6, 6.07) is 0. The van der Waals surface area contributed by atoms with Crippen LogP contribution >= 0.6 is 17.0 Å². The van der Waals surface area contributed by atoms with Gasteiger partial charge in [0.05, 0.1) is 26.4 Å². The van der Waals surface area contributed by atoms with Crippen LogP contribution in [0.15, 0.2) is 0 Å². The Labute approximate surface area is 137 Å². The van der Waals surface area contributed by atoms with E-state index in [1.54, 1.807) is 0 Å². The number of hydrogen-bond acceptors (Lipinski definition) is 8.